The Balaban J connectivity index is 3.96. The van der Waals surface area contributed by atoms with Crippen LogP contribution >= 0.6 is 11.6 Å². The Morgan fingerprint density at radius 1 is 0.737 bits per heavy atom. The molecule has 0 aliphatic heterocycles. The minimum atomic E-state index is 0.399. The average molecular weight is 289 g/mol. The topological polar surface area (TPSA) is 0 Å². The maximum atomic E-state index is 6.29. The second kappa shape index (κ2) is 13.3. The Morgan fingerprint density at radius 2 is 1.42 bits per heavy atom. The number of unbranched alkanes of at least 4 members (excludes halogenated alkanes) is 4. The van der Waals surface area contributed by atoms with E-state index >= 15 is 0 Å². The average Bonchev–Trinajstić information content (AvgIpc) is 2.41. The predicted molar refractivity (Wildman–Crippen MR) is 90.1 cm³/mol. The van der Waals surface area contributed by atoms with Gasteiger partial charge in [-0.25, -0.2) is 0 Å². The molecule has 0 aliphatic carbocycles. The van der Waals surface area contributed by atoms with E-state index in [2.05, 4.69) is 27.7 Å². The molecule has 0 rings (SSSR count). The monoisotopic (exact) mass is 288 g/mol. The molecule has 0 radical (unpaired) electrons. The Labute approximate surface area is 127 Å². The summed E-state index contributed by atoms with van der Waals surface area (Å²) in [5, 5.41) is 0.399. The third kappa shape index (κ3) is 10.7. The normalized spacial score (nSPS) is 16.3. The highest BCUT2D eigenvalue weighted by Crippen LogP contribution is 2.29. The summed E-state index contributed by atoms with van der Waals surface area (Å²) in [7, 11) is 0. The summed E-state index contributed by atoms with van der Waals surface area (Å²) in [4.78, 5) is 0. The van der Waals surface area contributed by atoms with Gasteiger partial charge in [-0.2, -0.15) is 0 Å². The van der Waals surface area contributed by atoms with Crippen LogP contribution in [0.15, 0.2) is 0 Å². The van der Waals surface area contributed by atoms with Crippen molar-refractivity contribution in [1.29, 1.82) is 0 Å². The van der Waals surface area contributed by atoms with E-state index < -0.39 is 0 Å². The van der Waals surface area contributed by atoms with E-state index in [9.17, 15) is 0 Å². The summed E-state index contributed by atoms with van der Waals surface area (Å²) in [5.41, 5.74) is 0. The molecule has 0 aromatic rings. The van der Waals surface area contributed by atoms with Gasteiger partial charge >= 0.3 is 0 Å². The molecule has 0 spiro atoms. The molecule has 0 N–H and O–H groups in total. The third-order valence-corrected chi connectivity index (χ3v) is 5.05. The van der Waals surface area contributed by atoms with Crippen molar-refractivity contribution in [3.63, 3.8) is 0 Å². The molecule has 0 heterocycles. The summed E-state index contributed by atoms with van der Waals surface area (Å²) < 4.78 is 0. The quantitative estimate of drug-likeness (QED) is 0.248. The zero-order valence-corrected chi connectivity index (χ0v) is 14.6. The highest BCUT2D eigenvalue weighted by atomic mass is 35.5. The van der Waals surface area contributed by atoms with Crippen LogP contribution in [-0.4, -0.2) is 5.38 Å². The molecule has 0 aromatic carbocycles. The van der Waals surface area contributed by atoms with Gasteiger partial charge in [-0.15, -0.1) is 11.6 Å². The number of hydrogen-bond acceptors (Lipinski definition) is 0. The van der Waals surface area contributed by atoms with Crippen LogP contribution in [-0.2, 0) is 0 Å². The molecule has 1 heteroatoms. The molecular weight excluding hydrogens is 252 g/mol. The molecule has 0 saturated carbocycles. The first-order chi connectivity index (χ1) is 9.15. The fourth-order valence-corrected chi connectivity index (χ4v) is 3.14. The largest absolute Gasteiger partial charge is 0.123 e. The third-order valence-electron chi connectivity index (χ3n) is 4.52. The van der Waals surface area contributed by atoms with Crippen molar-refractivity contribution >= 4 is 11.6 Å². The molecule has 0 aromatic heterocycles. The molecule has 0 aliphatic rings. The first-order valence-electron chi connectivity index (χ1n) is 8.79. The molecule has 0 fully saturated rings. The summed E-state index contributed by atoms with van der Waals surface area (Å²) >= 11 is 6.29. The molecule has 0 nitrogen and oxygen atoms in total. The van der Waals surface area contributed by atoms with Crippen LogP contribution in [0.1, 0.15) is 98.3 Å². The van der Waals surface area contributed by atoms with E-state index in [1.54, 1.807) is 0 Å². The number of halogens is 1. The summed E-state index contributed by atoms with van der Waals surface area (Å²) in [6.07, 6.45) is 14.9. The summed E-state index contributed by atoms with van der Waals surface area (Å²) in [6, 6.07) is 0. The van der Waals surface area contributed by atoms with Gasteiger partial charge in [0.15, 0.2) is 0 Å². The van der Waals surface area contributed by atoms with Crippen LogP contribution in [0, 0.1) is 11.8 Å². The molecule has 0 saturated heterocycles. The predicted octanol–water partition coefficient (Wildman–Crippen LogP) is 7.20. The highest BCUT2D eigenvalue weighted by molar-refractivity contribution is 6.20. The smallest absolute Gasteiger partial charge is 0.0333 e. The Hall–Kier alpha value is 0.290. The Bertz CT molecular complexity index is 179. The van der Waals surface area contributed by atoms with Gasteiger partial charge in [0.1, 0.15) is 0 Å². The van der Waals surface area contributed by atoms with E-state index in [0.717, 1.165) is 18.3 Å². The van der Waals surface area contributed by atoms with Gasteiger partial charge in [0.2, 0.25) is 0 Å². The fraction of sp³-hybridized carbons (Fsp3) is 1.00. The van der Waals surface area contributed by atoms with Crippen molar-refractivity contribution in [3.05, 3.63) is 0 Å². The van der Waals surface area contributed by atoms with Gasteiger partial charge in [-0.05, 0) is 31.1 Å². The van der Waals surface area contributed by atoms with Crippen LogP contribution in [0.3, 0.4) is 0 Å². The lowest BCUT2D eigenvalue weighted by Crippen LogP contribution is -2.14. The van der Waals surface area contributed by atoms with Crippen LogP contribution in [0.25, 0.3) is 0 Å². The Morgan fingerprint density at radius 3 is 2.00 bits per heavy atom. The zero-order chi connectivity index (χ0) is 14.5. The first kappa shape index (κ1) is 19.3. The summed E-state index contributed by atoms with van der Waals surface area (Å²) in [5.74, 6) is 1.80. The van der Waals surface area contributed by atoms with Crippen LogP contribution < -0.4 is 0 Å². The van der Waals surface area contributed by atoms with Gasteiger partial charge < -0.3 is 0 Å². The van der Waals surface area contributed by atoms with Crippen molar-refractivity contribution in [1.82, 2.24) is 0 Å². The van der Waals surface area contributed by atoms with E-state index in [-0.39, 0.29) is 0 Å². The van der Waals surface area contributed by atoms with E-state index in [1.807, 2.05) is 0 Å². The fourth-order valence-electron chi connectivity index (χ4n) is 3.01. The van der Waals surface area contributed by atoms with Gasteiger partial charge in [0.05, 0.1) is 0 Å². The minimum absolute atomic E-state index is 0.399. The maximum Gasteiger partial charge on any atom is 0.0333 e. The maximum absolute atomic E-state index is 6.29. The van der Waals surface area contributed by atoms with Crippen LogP contribution in [0.4, 0.5) is 0 Å². The van der Waals surface area contributed by atoms with Crippen molar-refractivity contribution in [3.8, 4) is 0 Å². The SMILES string of the molecule is CCCCCCCC(CCC(Cl)CC)C(C)CCC. The standard InChI is InChI=1S/C18H37Cl/c1-5-8-9-10-11-13-17(16(4)12-6-2)14-15-18(19)7-3/h16-18H,5-15H2,1-4H3. The van der Waals surface area contributed by atoms with Crippen LogP contribution in [0.5, 0.6) is 0 Å². The highest BCUT2D eigenvalue weighted by Gasteiger charge is 2.17. The van der Waals surface area contributed by atoms with Gasteiger partial charge in [0, 0.05) is 5.38 Å². The van der Waals surface area contributed by atoms with Gasteiger partial charge in [0.25, 0.3) is 0 Å². The zero-order valence-electron chi connectivity index (χ0n) is 13.9. The lowest BCUT2D eigenvalue weighted by atomic mass is 9.82. The molecule has 116 valence electrons. The molecule has 3 unspecified atom stereocenters. The van der Waals surface area contributed by atoms with Crippen molar-refractivity contribution in [2.75, 3.05) is 0 Å². The van der Waals surface area contributed by atoms with Crippen molar-refractivity contribution in [2.24, 2.45) is 11.8 Å². The second-order valence-corrected chi connectivity index (χ2v) is 6.93. The van der Waals surface area contributed by atoms with Gasteiger partial charge in [-0.1, -0.05) is 79.1 Å². The lowest BCUT2D eigenvalue weighted by molar-refractivity contribution is 0.281. The Kier molecular flexibility index (Phi) is 13.5. The second-order valence-electron chi connectivity index (χ2n) is 6.31. The molecule has 3 atom stereocenters. The van der Waals surface area contributed by atoms with Crippen molar-refractivity contribution in [2.45, 2.75) is 104 Å². The van der Waals surface area contributed by atoms with Crippen LogP contribution in [0.2, 0.25) is 0 Å². The number of rotatable bonds is 13. The first-order valence-corrected chi connectivity index (χ1v) is 9.23. The van der Waals surface area contributed by atoms with E-state index in [1.165, 1.54) is 64.2 Å². The van der Waals surface area contributed by atoms with E-state index in [0.29, 0.717) is 5.38 Å². The van der Waals surface area contributed by atoms with Gasteiger partial charge in [-0.3, -0.25) is 0 Å². The molecular formula is C18H37Cl. The lowest BCUT2D eigenvalue weighted by Gasteiger charge is -2.24. The number of hydrogen-bond donors (Lipinski definition) is 0. The minimum Gasteiger partial charge on any atom is -0.123 e. The van der Waals surface area contributed by atoms with Crippen molar-refractivity contribution < 1.29 is 0 Å². The molecule has 0 amide bonds. The number of alkyl halides is 1. The van der Waals surface area contributed by atoms with E-state index in [4.69, 9.17) is 11.6 Å². The molecule has 0 bridgehead atoms. The molecule has 19 heavy (non-hydrogen) atoms. The summed E-state index contributed by atoms with van der Waals surface area (Å²) in [6.45, 7) is 9.25.